The second-order valence-electron chi connectivity index (χ2n) is 8.20. The van der Waals surface area contributed by atoms with Crippen molar-refractivity contribution in [1.29, 1.82) is 0 Å². The molecule has 1 fully saturated rings. The summed E-state index contributed by atoms with van der Waals surface area (Å²) in [5.41, 5.74) is 0.363. The number of esters is 1. The van der Waals surface area contributed by atoms with Crippen LogP contribution in [0.5, 0.6) is 11.5 Å². The highest BCUT2D eigenvalue weighted by atomic mass is 16.7. The number of hydrogen-bond donors (Lipinski definition) is 0. The minimum Gasteiger partial charge on any atom is -0.460 e. The van der Waals surface area contributed by atoms with Crippen molar-refractivity contribution in [3.63, 3.8) is 0 Å². The number of hydrogen-bond acceptors (Lipinski definition) is 5. The maximum absolute atomic E-state index is 12.4. The fourth-order valence-electron chi connectivity index (χ4n) is 3.16. The molecule has 29 heavy (non-hydrogen) atoms. The maximum Gasteiger partial charge on any atom is 0.309 e. The zero-order valence-electron chi connectivity index (χ0n) is 17.4. The topological polar surface area (TPSA) is 54.0 Å². The Morgan fingerprint density at radius 2 is 1.72 bits per heavy atom. The molecule has 2 aromatic carbocycles. The largest absolute Gasteiger partial charge is 0.460 e. The molecule has 2 aromatic rings. The minimum atomic E-state index is -0.531. The van der Waals surface area contributed by atoms with Gasteiger partial charge >= 0.3 is 5.97 Å². The van der Waals surface area contributed by atoms with Gasteiger partial charge < -0.3 is 18.9 Å². The summed E-state index contributed by atoms with van der Waals surface area (Å²) in [5.74, 6) is 1.21. The Kier molecular flexibility index (Phi) is 7.29. The first-order valence-corrected chi connectivity index (χ1v) is 10.2. The van der Waals surface area contributed by atoms with E-state index in [0.29, 0.717) is 6.61 Å². The lowest BCUT2D eigenvalue weighted by atomic mass is 10.1. The van der Waals surface area contributed by atoms with Crippen molar-refractivity contribution < 1.29 is 23.7 Å². The highest BCUT2D eigenvalue weighted by Gasteiger charge is 2.26. The molecule has 0 saturated carbocycles. The maximum atomic E-state index is 12.4. The molecule has 1 aliphatic heterocycles. The molecule has 156 valence electrons. The Labute approximate surface area is 172 Å². The van der Waals surface area contributed by atoms with Crippen molar-refractivity contribution in [2.75, 3.05) is 6.61 Å². The third kappa shape index (κ3) is 7.18. The molecule has 1 aliphatic rings. The van der Waals surface area contributed by atoms with Crippen LogP contribution in [0.2, 0.25) is 0 Å². The molecule has 5 heteroatoms. The first-order valence-electron chi connectivity index (χ1n) is 10.2. The summed E-state index contributed by atoms with van der Waals surface area (Å²) in [6, 6.07) is 17.2. The first-order chi connectivity index (χ1) is 13.9. The van der Waals surface area contributed by atoms with Gasteiger partial charge in [0.25, 0.3) is 0 Å². The Morgan fingerprint density at radius 1 is 1.03 bits per heavy atom. The predicted octanol–water partition coefficient (Wildman–Crippen LogP) is 5.80. The Bertz CT molecular complexity index is 758. The lowest BCUT2D eigenvalue weighted by molar-refractivity contribution is -0.196. The van der Waals surface area contributed by atoms with Gasteiger partial charge in [-0.3, -0.25) is 4.79 Å². The van der Waals surface area contributed by atoms with Crippen LogP contribution in [0.25, 0.3) is 0 Å². The van der Waals surface area contributed by atoms with Gasteiger partial charge in [0.05, 0.1) is 12.5 Å². The SMILES string of the molecule is CC(C)(C)OC(=O)CC(O[C@H]1CCCCO1)c1ccc(Oc2ccccc2)cc1. The van der Waals surface area contributed by atoms with Crippen molar-refractivity contribution in [3.05, 3.63) is 60.2 Å². The molecule has 0 spiro atoms. The number of ether oxygens (including phenoxy) is 4. The highest BCUT2D eigenvalue weighted by Crippen LogP contribution is 2.30. The molecule has 1 saturated heterocycles. The molecule has 1 heterocycles. The van der Waals surface area contributed by atoms with Crippen molar-refractivity contribution in [2.24, 2.45) is 0 Å². The highest BCUT2D eigenvalue weighted by molar-refractivity contribution is 5.70. The molecule has 3 rings (SSSR count). The number of rotatable bonds is 7. The van der Waals surface area contributed by atoms with Gasteiger partial charge in [-0.2, -0.15) is 0 Å². The molecule has 0 amide bonds. The van der Waals surface area contributed by atoms with E-state index in [0.717, 1.165) is 36.3 Å². The van der Waals surface area contributed by atoms with Crippen molar-refractivity contribution >= 4 is 5.97 Å². The fraction of sp³-hybridized carbons (Fsp3) is 0.458. The summed E-state index contributed by atoms with van der Waals surface area (Å²) in [6.07, 6.45) is 2.35. The quantitative estimate of drug-likeness (QED) is 0.552. The van der Waals surface area contributed by atoms with E-state index in [1.165, 1.54) is 0 Å². The van der Waals surface area contributed by atoms with E-state index < -0.39 is 11.7 Å². The number of para-hydroxylation sites is 1. The standard InChI is InChI=1S/C24H30O5/c1-24(2,3)29-22(25)17-21(28-23-11-7-8-16-26-23)18-12-14-20(15-13-18)27-19-9-5-4-6-10-19/h4-6,9-10,12-15,21,23H,7-8,11,16-17H2,1-3H3/t21?,23-/m0/s1. The van der Waals surface area contributed by atoms with Gasteiger partial charge in [-0.05, 0) is 69.9 Å². The van der Waals surface area contributed by atoms with Gasteiger partial charge in [0.2, 0.25) is 0 Å². The summed E-state index contributed by atoms with van der Waals surface area (Å²) < 4.78 is 23.2. The number of benzene rings is 2. The zero-order chi connectivity index (χ0) is 20.7. The summed E-state index contributed by atoms with van der Waals surface area (Å²) in [4.78, 5) is 12.4. The van der Waals surface area contributed by atoms with Gasteiger partial charge in [0, 0.05) is 6.61 Å². The molecule has 0 aliphatic carbocycles. The van der Waals surface area contributed by atoms with Crippen LogP contribution in [-0.2, 0) is 19.0 Å². The van der Waals surface area contributed by atoms with E-state index in [9.17, 15) is 4.79 Å². The third-order valence-electron chi connectivity index (χ3n) is 4.46. The summed E-state index contributed by atoms with van der Waals surface area (Å²) in [6.45, 7) is 6.27. The zero-order valence-corrected chi connectivity index (χ0v) is 17.4. The Hall–Kier alpha value is -2.37. The molecule has 0 bridgehead atoms. The van der Waals surface area contributed by atoms with E-state index in [1.54, 1.807) is 0 Å². The molecule has 0 radical (unpaired) electrons. The molecule has 1 unspecified atom stereocenters. The van der Waals surface area contributed by atoms with Crippen LogP contribution in [-0.4, -0.2) is 24.5 Å². The summed E-state index contributed by atoms with van der Waals surface area (Å²) >= 11 is 0. The summed E-state index contributed by atoms with van der Waals surface area (Å²) in [5, 5.41) is 0. The minimum absolute atomic E-state index is 0.135. The predicted molar refractivity (Wildman–Crippen MR) is 111 cm³/mol. The Morgan fingerprint density at radius 3 is 2.34 bits per heavy atom. The van der Waals surface area contributed by atoms with E-state index in [-0.39, 0.29) is 18.7 Å². The van der Waals surface area contributed by atoms with E-state index >= 15 is 0 Å². The van der Waals surface area contributed by atoms with Crippen LogP contribution in [0.3, 0.4) is 0 Å². The lowest BCUT2D eigenvalue weighted by Crippen LogP contribution is -2.28. The number of carbonyl (C=O) groups is 1. The molecular formula is C24H30O5. The van der Waals surface area contributed by atoms with Crippen molar-refractivity contribution in [2.45, 2.75) is 64.4 Å². The fourth-order valence-corrected chi connectivity index (χ4v) is 3.16. The van der Waals surface area contributed by atoms with Crippen LogP contribution in [0, 0.1) is 0 Å². The van der Waals surface area contributed by atoms with Gasteiger partial charge in [0.1, 0.15) is 17.1 Å². The Balaban J connectivity index is 1.70. The van der Waals surface area contributed by atoms with Gasteiger partial charge in [0.15, 0.2) is 6.29 Å². The monoisotopic (exact) mass is 398 g/mol. The number of carbonyl (C=O) groups excluding carboxylic acids is 1. The van der Waals surface area contributed by atoms with Gasteiger partial charge in [-0.25, -0.2) is 0 Å². The average Bonchev–Trinajstić information content (AvgIpc) is 2.68. The molecule has 2 atom stereocenters. The molecular weight excluding hydrogens is 368 g/mol. The van der Waals surface area contributed by atoms with Crippen LogP contribution < -0.4 is 4.74 Å². The van der Waals surface area contributed by atoms with E-state index in [4.69, 9.17) is 18.9 Å². The van der Waals surface area contributed by atoms with Crippen molar-refractivity contribution in [1.82, 2.24) is 0 Å². The normalized spacial score (nSPS) is 18.1. The second-order valence-corrected chi connectivity index (χ2v) is 8.20. The van der Waals surface area contributed by atoms with Crippen LogP contribution >= 0.6 is 0 Å². The van der Waals surface area contributed by atoms with Gasteiger partial charge in [-0.15, -0.1) is 0 Å². The van der Waals surface area contributed by atoms with Gasteiger partial charge in [-0.1, -0.05) is 30.3 Å². The van der Waals surface area contributed by atoms with Crippen molar-refractivity contribution in [3.8, 4) is 11.5 Å². The molecule has 0 aromatic heterocycles. The third-order valence-corrected chi connectivity index (χ3v) is 4.46. The average molecular weight is 398 g/mol. The molecule has 5 nitrogen and oxygen atoms in total. The second kappa shape index (κ2) is 9.90. The van der Waals surface area contributed by atoms with Crippen LogP contribution in [0.15, 0.2) is 54.6 Å². The van der Waals surface area contributed by atoms with E-state index in [2.05, 4.69) is 0 Å². The first kappa shape index (κ1) is 21.3. The molecule has 0 N–H and O–H groups in total. The van der Waals surface area contributed by atoms with Crippen LogP contribution in [0.1, 0.15) is 58.1 Å². The smallest absolute Gasteiger partial charge is 0.309 e. The lowest BCUT2D eigenvalue weighted by Gasteiger charge is -2.28. The van der Waals surface area contributed by atoms with E-state index in [1.807, 2.05) is 75.4 Å². The summed E-state index contributed by atoms with van der Waals surface area (Å²) in [7, 11) is 0. The van der Waals surface area contributed by atoms with Crippen LogP contribution in [0.4, 0.5) is 0 Å².